The summed E-state index contributed by atoms with van der Waals surface area (Å²) in [5, 5.41) is 23.2. The highest BCUT2D eigenvalue weighted by molar-refractivity contribution is 5.76. The summed E-state index contributed by atoms with van der Waals surface area (Å²) in [7, 11) is 0. The fourth-order valence-corrected chi connectivity index (χ4v) is 9.28. The van der Waals surface area contributed by atoms with Crippen LogP contribution in [0.5, 0.6) is 0 Å². The maximum atomic E-state index is 12.5. The van der Waals surface area contributed by atoms with Crippen LogP contribution in [0.4, 0.5) is 0 Å². The predicted molar refractivity (Wildman–Crippen MR) is 283 cm³/mol. The monoisotopic (exact) mass is 918 g/mol. The molecule has 0 radical (unpaired) electrons. The van der Waals surface area contributed by atoms with E-state index in [1.807, 2.05) is 0 Å². The minimum absolute atomic E-state index is 0.00696. The molecular weight excluding hydrogens is 803 g/mol. The number of rotatable bonds is 55. The summed E-state index contributed by atoms with van der Waals surface area (Å²) in [5.41, 5.74) is 0. The van der Waals surface area contributed by atoms with Gasteiger partial charge in [-0.05, 0) is 51.4 Å². The zero-order chi connectivity index (χ0) is 47.2. The van der Waals surface area contributed by atoms with E-state index in [-0.39, 0.29) is 18.5 Å². The summed E-state index contributed by atoms with van der Waals surface area (Å²) >= 11 is 0. The molecule has 0 aliphatic heterocycles. The van der Waals surface area contributed by atoms with E-state index in [2.05, 4.69) is 31.3 Å². The molecular formula is C59H115NO5. The summed E-state index contributed by atoms with van der Waals surface area (Å²) in [6.45, 7) is 4.96. The summed E-state index contributed by atoms with van der Waals surface area (Å²) in [4.78, 5) is 24.5. The fourth-order valence-electron chi connectivity index (χ4n) is 9.28. The Morgan fingerprint density at radius 3 is 1.09 bits per heavy atom. The van der Waals surface area contributed by atoms with Crippen LogP contribution in [0.3, 0.4) is 0 Å². The van der Waals surface area contributed by atoms with Gasteiger partial charge in [0, 0.05) is 12.8 Å². The van der Waals surface area contributed by atoms with Crippen LogP contribution in [0.2, 0.25) is 0 Å². The quantitative estimate of drug-likeness (QED) is 0.0321. The van der Waals surface area contributed by atoms with Crippen molar-refractivity contribution in [3.63, 3.8) is 0 Å². The molecule has 0 aliphatic carbocycles. The molecule has 2 unspecified atom stereocenters. The molecule has 6 nitrogen and oxygen atoms in total. The Kier molecular flexibility index (Phi) is 54.0. The number of carbonyl (C=O) groups excluding carboxylic acids is 2. The Morgan fingerprint density at radius 2 is 0.723 bits per heavy atom. The summed E-state index contributed by atoms with van der Waals surface area (Å²) < 4.78 is 5.48. The van der Waals surface area contributed by atoms with Gasteiger partial charge in [0.15, 0.2) is 0 Å². The van der Waals surface area contributed by atoms with Gasteiger partial charge in [0.05, 0.1) is 25.4 Å². The molecule has 0 bridgehead atoms. The lowest BCUT2D eigenvalue weighted by molar-refractivity contribution is -0.143. The van der Waals surface area contributed by atoms with Gasteiger partial charge in [-0.15, -0.1) is 0 Å². The van der Waals surface area contributed by atoms with Gasteiger partial charge in [0.25, 0.3) is 0 Å². The molecule has 65 heavy (non-hydrogen) atoms. The van der Waals surface area contributed by atoms with E-state index in [0.29, 0.717) is 25.9 Å². The van der Waals surface area contributed by atoms with Gasteiger partial charge in [-0.2, -0.15) is 0 Å². The molecule has 0 heterocycles. The number of hydrogen-bond acceptors (Lipinski definition) is 5. The second-order valence-electron chi connectivity index (χ2n) is 20.3. The van der Waals surface area contributed by atoms with E-state index in [0.717, 1.165) is 51.4 Å². The van der Waals surface area contributed by atoms with Gasteiger partial charge in [-0.3, -0.25) is 9.59 Å². The highest BCUT2D eigenvalue weighted by Crippen LogP contribution is 2.17. The van der Waals surface area contributed by atoms with Gasteiger partial charge in [-0.1, -0.05) is 276 Å². The molecule has 0 spiro atoms. The molecule has 0 aliphatic rings. The third-order valence-corrected chi connectivity index (χ3v) is 13.8. The maximum Gasteiger partial charge on any atom is 0.305 e. The van der Waals surface area contributed by atoms with E-state index in [9.17, 15) is 19.8 Å². The Labute approximate surface area is 406 Å². The van der Waals surface area contributed by atoms with Gasteiger partial charge in [-0.25, -0.2) is 0 Å². The first-order valence-corrected chi connectivity index (χ1v) is 29.4. The standard InChI is InChI=1S/C59H115NO5/c1-3-5-7-9-11-13-15-17-19-25-29-33-37-41-45-49-53-59(64)65-54-50-46-42-38-34-30-26-23-21-20-22-24-28-32-36-40-44-48-52-58(63)60-56(55-61)57(62)51-47-43-39-35-31-27-18-16-14-12-10-8-6-4-2/h22,24,56-57,61-62H,3-21,23,25-55H2,1-2H3,(H,60,63)/b24-22-. The van der Waals surface area contributed by atoms with Crippen molar-refractivity contribution in [2.24, 2.45) is 0 Å². The third-order valence-electron chi connectivity index (χ3n) is 13.8. The number of allylic oxidation sites excluding steroid dienone is 2. The van der Waals surface area contributed by atoms with Crippen LogP contribution in [0.15, 0.2) is 12.2 Å². The molecule has 0 aromatic heterocycles. The Hall–Kier alpha value is -1.40. The molecule has 0 fully saturated rings. The molecule has 0 aromatic rings. The molecule has 1 amide bonds. The molecule has 6 heteroatoms. The van der Waals surface area contributed by atoms with Crippen LogP contribution in [0.1, 0.15) is 328 Å². The lowest BCUT2D eigenvalue weighted by Gasteiger charge is -2.22. The normalized spacial score (nSPS) is 12.6. The first kappa shape index (κ1) is 63.6. The van der Waals surface area contributed by atoms with Crippen LogP contribution < -0.4 is 5.32 Å². The summed E-state index contributed by atoms with van der Waals surface area (Å²) in [6, 6.07) is -0.550. The molecule has 0 saturated heterocycles. The summed E-state index contributed by atoms with van der Waals surface area (Å²) in [5.74, 6) is -0.0406. The van der Waals surface area contributed by atoms with Crippen LogP contribution >= 0.6 is 0 Å². The number of unbranched alkanes of at least 4 members (excludes halogenated alkanes) is 42. The van der Waals surface area contributed by atoms with Crippen molar-refractivity contribution in [2.45, 2.75) is 341 Å². The second kappa shape index (κ2) is 55.2. The largest absolute Gasteiger partial charge is 0.466 e. The van der Waals surface area contributed by atoms with E-state index >= 15 is 0 Å². The minimum atomic E-state index is -0.671. The van der Waals surface area contributed by atoms with Crippen molar-refractivity contribution < 1.29 is 24.5 Å². The Balaban J connectivity index is 3.42. The highest BCUT2D eigenvalue weighted by Gasteiger charge is 2.20. The number of aliphatic hydroxyl groups is 2. The highest BCUT2D eigenvalue weighted by atomic mass is 16.5. The van der Waals surface area contributed by atoms with E-state index < -0.39 is 12.1 Å². The number of ether oxygens (including phenoxy) is 1. The van der Waals surface area contributed by atoms with Crippen molar-refractivity contribution in [3.05, 3.63) is 12.2 Å². The molecule has 386 valence electrons. The van der Waals surface area contributed by atoms with Crippen molar-refractivity contribution in [1.82, 2.24) is 5.32 Å². The lowest BCUT2D eigenvalue weighted by atomic mass is 10.0. The number of amides is 1. The molecule has 0 aromatic carbocycles. The molecule has 2 atom stereocenters. The lowest BCUT2D eigenvalue weighted by Crippen LogP contribution is -2.45. The van der Waals surface area contributed by atoms with E-state index in [4.69, 9.17) is 4.74 Å². The Bertz CT molecular complexity index is 970. The summed E-state index contributed by atoms with van der Waals surface area (Å²) in [6.07, 6.45) is 64.9. The van der Waals surface area contributed by atoms with Gasteiger partial charge >= 0.3 is 5.97 Å². The van der Waals surface area contributed by atoms with Crippen LogP contribution in [-0.2, 0) is 14.3 Å². The molecule has 0 saturated carbocycles. The topological polar surface area (TPSA) is 95.9 Å². The van der Waals surface area contributed by atoms with Crippen molar-refractivity contribution in [1.29, 1.82) is 0 Å². The van der Waals surface area contributed by atoms with Crippen molar-refractivity contribution >= 4 is 11.9 Å². The SMILES string of the molecule is CCCCCCCCCCCCCCCCCCC(=O)OCCCCCCCCCCC/C=C\CCCCCCCC(=O)NC(CO)C(O)CCCCCCCCCCCCCCCC. The molecule has 0 rings (SSSR count). The number of hydrogen-bond donors (Lipinski definition) is 3. The van der Waals surface area contributed by atoms with Crippen molar-refractivity contribution in [2.75, 3.05) is 13.2 Å². The number of carbonyl (C=O) groups is 2. The number of esters is 1. The second-order valence-corrected chi connectivity index (χ2v) is 20.3. The molecule has 3 N–H and O–H groups in total. The fraction of sp³-hybridized carbons (Fsp3) is 0.932. The van der Waals surface area contributed by atoms with E-state index in [1.165, 1.54) is 244 Å². The first-order valence-electron chi connectivity index (χ1n) is 29.4. The number of nitrogens with one attached hydrogen (secondary N) is 1. The van der Waals surface area contributed by atoms with Crippen molar-refractivity contribution in [3.8, 4) is 0 Å². The van der Waals surface area contributed by atoms with E-state index in [1.54, 1.807) is 0 Å². The zero-order valence-corrected chi connectivity index (χ0v) is 44.0. The van der Waals surface area contributed by atoms with Crippen LogP contribution in [0.25, 0.3) is 0 Å². The Morgan fingerprint density at radius 1 is 0.415 bits per heavy atom. The van der Waals surface area contributed by atoms with Gasteiger partial charge in [0.1, 0.15) is 0 Å². The van der Waals surface area contributed by atoms with Gasteiger partial charge in [0.2, 0.25) is 5.91 Å². The zero-order valence-electron chi connectivity index (χ0n) is 44.0. The average molecular weight is 919 g/mol. The minimum Gasteiger partial charge on any atom is -0.466 e. The average Bonchev–Trinajstić information content (AvgIpc) is 3.31. The predicted octanol–water partition coefficient (Wildman–Crippen LogP) is 18.1. The first-order chi connectivity index (χ1) is 32.0. The third kappa shape index (κ3) is 51.8. The van der Waals surface area contributed by atoms with Gasteiger partial charge < -0.3 is 20.3 Å². The maximum absolute atomic E-state index is 12.5. The van der Waals surface area contributed by atoms with Crippen LogP contribution in [0, 0.1) is 0 Å². The smallest absolute Gasteiger partial charge is 0.305 e. The van der Waals surface area contributed by atoms with Crippen LogP contribution in [-0.4, -0.2) is 47.4 Å². The number of aliphatic hydroxyl groups excluding tert-OH is 2.